The molecule has 3 atom stereocenters. The molecule has 1 fully saturated rings. The van der Waals surface area contributed by atoms with Gasteiger partial charge in [0.1, 0.15) is 5.58 Å². The number of anilines is 6. The Morgan fingerprint density at radius 1 is 0.603 bits per heavy atom. The van der Waals surface area contributed by atoms with E-state index in [1.54, 1.807) is 5.56 Å². The fourth-order valence-electron chi connectivity index (χ4n) is 14.9. The Morgan fingerprint density at radius 3 is 1.93 bits per heavy atom. The summed E-state index contributed by atoms with van der Waals surface area (Å²) < 4.78 is 7.73. The lowest BCUT2D eigenvalue weighted by molar-refractivity contribution is 0.191. The lowest BCUT2D eigenvalue weighted by atomic mass is 9.35. The molecule has 2 bridgehead atoms. The Hall–Kier alpha value is -4.70. The molecule has 6 aliphatic rings. The minimum Gasteiger partial charge on any atom is -0.468 e. The molecule has 3 nitrogen and oxygen atoms in total. The van der Waals surface area contributed by atoms with Crippen molar-refractivity contribution < 1.29 is 4.42 Å². The van der Waals surface area contributed by atoms with Crippen molar-refractivity contribution in [2.24, 2.45) is 5.92 Å². The third-order valence-electron chi connectivity index (χ3n) is 19.7. The molecule has 5 aromatic carbocycles. The van der Waals surface area contributed by atoms with Crippen molar-refractivity contribution >= 4 is 68.4 Å². The molecule has 68 heavy (non-hydrogen) atoms. The van der Waals surface area contributed by atoms with E-state index in [0.29, 0.717) is 5.92 Å². The molecule has 0 spiro atoms. The number of hydrogen-bond donors (Lipinski definition) is 0. The zero-order chi connectivity index (χ0) is 48.2. The van der Waals surface area contributed by atoms with Gasteiger partial charge in [0.15, 0.2) is 0 Å². The van der Waals surface area contributed by atoms with E-state index in [0.717, 1.165) is 17.2 Å². The van der Waals surface area contributed by atoms with Crippen molar-refractivity contribution in [3.63, 3.8) is 0 Å². The molecule has 1 aromatic heterocycles. The molecule has 4 heteroatoms. The van der Waals surface area contributed by atoms with E-state index in [-0.39, 0.29) is 39.2 Å². The Kier molecular flexibility index (Phi) is 9.17. The highest BCUT2D eigenvalue weighted by Gasteiger charge is 2.50. The highest BCUT2D eigenvalue weighted by molar-refractivity contribution is 7.00. The first-order valence-electron chi connectivity index (χ1n) is 26.6. The zero-order valence-corrected chi connectivity index (χ0v) is 44.5. The molecule has 12 rings (SSSR count). The number of rotatable bonds is 2. The molecular weight excluding hydrogens is 824 g/mol. The fourth-order valence-corrected chi connectivity index (χ4v) is 14.9. The molecule has 0 saturated heterocycles. The van der Waals surface area contributed by atoms with E-state index in [4.69, 9.17) is 4.42 Å². The van der Waals surface area contributed by atoms with Gasteiger partial charge in [0.25, 0.3) is 6.71 Å². The van der Waals surface area contributed by atoms with Crippen LogP contribution < -0.4 is 26.4 Å². The third-order valence-corrected chi connectivity index (χ3v) is 19.7. The summed E-state index contributed by atoms with van der Waals surface area (Å²) in [6, 6.07) is 27.9. The van der Waals surface area contributed by atoms with Gasteiger partial charge in [0, 0.05) is 33.8 Å². The molecule has 352 valence electrons. The molecule has 3 unspecified atom stereocenters. The molecule has 6 aromatic rings. The van der Waals surface area contributed by atoms with Crippen LogP contribution in [0, 0.1) is 26.7 Å². The van der Waals surface area contributed by atoms with Gasteiger partial charge in [-0.15, -0.1) is 0 Å². The first-order chi connectivity index (χ1) is 31.8. The third kappa shape index (κ3) is 6.09. The van der Waals surface area contributed by atoms with Crippen LogP contribution in [0.3, 0.4) is 0 Å². The fraction of sp³-hybridized carbons (Fsp3) is 0.500. The first-order valence-corrected chi connectivity index (χ1v) is 26.6. The van der Waals surface area contributed by atoms with Crippen LogP contribution in [0.1, 0.15) is 203 Å². The summed E-state index contributed by atoms with van der Waals surface area (Å²) in [6.45, 7) is 39.0. The van der Waals surface area contributed by atoms with Crippen LogP contribution in [-0.4, -0.2) is 6.71 Å². The van der Waals surface area contributed by atoms with Gasteiger partial charge < -0.3 is 14.2 Å². The Morgan fingerprint density at radius 2 is 1.25 bits per heavy atom. The number of nitrogens with zero attached hydrogens (tertiary/aromatic N) is 2. The Balaban J connectivity index is 1.21. The van der Waals surface area contributed by atoms with Crippen LogP contribution in [0.5, 0.6) is 0 Å². The molecule has 0 N–H and O–H groups in total. The highest BCUT2D eigenvalue weighted by Crippen LogP contribution is 2.57. The summed E-state index contributed by atoms with van der Waals surface area (Å²) in [7, 11) is 0. The van der Waals surface area contributed by atoms with Crippen molar-refractivity contribution in [2.75, 3.05) is 9.80 Å². The van der Waals surface area contributed by atoms with Crippen molar-refractivity contribution in [3.05, 3.63) is 122 Å². The number of benzene rings is 5. The van der Waals surface area contributed by atoms with Crippen LogP contribution in [0.25, 0.3) is 11.0 Å². The predicted molar refractivity (Wildman–Crippen MR) is 291 cm³/mol. The molecule has 0 radical (unpaired) electrons. The second kappa shape index (κ2) is 14.0. The maximum Gasteiger partial charge on any atom is 0.297 e. The van der Waals surface area contributed by atoms with Gasteiger partial charge in [-0.25, -0.2) is 0 Å². The summed E-state index contributed by atoms with van der Waals surface area (Å²) in [6.07, 6.45) is 9.97. The number of fused-ring (bicyclic) bond motifs is 12. The minimum atomic E-state index is -0.0860. The lowest BCUT2D eigenvalue weighted by Gasteiger charge is -2.47. The average molecular weight is 901 g/mol. The maximum atomic E-state index is 7.73. The van der Waals surface area contributed by atoms with Crippen LogP contribution in [0.2, 0.25) is 0 Å². The van der Waals surface area contributed by atoms with Gasteiger partial charge in [-0.1, -0.05) is 121 Å². The van der Waals surface area contributed by atoms with Gasteiger partial charge in [0.05, 0.1) is 11.3 Å². The molecule has 2 aliphatic heterocycles. The second-order valence-corrected chi connectivity index (χ2v) is 27.1. The van der Waals surface area contributed by atoms with E-state index in [9.17, 15) is 0 Å². The van der Waals surface area contributed by atoms with Gasteiger partial charge in [-0.2, -0.15) is 0 Å². The SMILES string of the molecule is Cc1cc2c(cc1N1c3ccc(C(C)(C)C)cc3B3c4oc5cc6c(cc5c4N(c4ccc5c(c4)C(C)(C)CCC5(C)C)c4cc(C)c(C)c1c43)C1(C)CCCC(C1)C6C)C(C)(C)CCC2(C)C. The normalized spacial score (nSPS) is 24.4. The second-order valence-electron chi connectivity index (χ2n) is 27.1. The van der Waals surface area contributed by atoms with Crippen LogP contribution >= 0.6 is 0 Å². The molecule has 1 saturated carbocycles. The van der Waals surface area contributed by atoms with E-state index >= 15 is 0 Å². The molecule has 0 amide bonds. The Labute approximate surface area is 409 Å². The lowest BCUT2D eigenvalue weighted by Crippen LogP contribution is -2.61. The topological polar surface area (TPSA) is 19.6 Å². The van der Waals surface area contributed by atoms with Crippen molar-refractivity contribution in [2.45, 2.75) is 201 Å². The van der Waals surface area contributed by atoms with E-state index < -0.39 is 0 Å². The van der Waals surface area contributed by atoms with Crippen LogP contribution in [0.4, 0.5) is 34.1 Å². The van der Waals surface area contributed by atoms with Crippen molar-refractivity contribution in [3.8, 4) is 0 Å². The summed E-state index contributed by atoms with van der Waals surface area (Å²) in [5, 5.41) is 1.27. The zero-order valence-electron chi connectivity index (χ0n) is 44.5. The maximum absolute atomic E-state index is 7.73. The monoisotopic (exact) mass is 901 g/mol. The van der Waals surface area contributed by atoms with Gasteiger partial charge in [0.2, 0.25) is 0 Å². The van der Waals surface area contributed by atoms with E-state index in [1.165, 1.54) is 152 Å². The number of furan rings is 1. The Bertz CT molecular complexity index is 3170. The van der Waals surface area contributed by atoms with Gasteiger partial charge >= 0.3 is 0 Å². The van der Waals surface area contributed by atoms with Gasteiger partial charge in [-0.05, 0) is 219 Å². The largest absolute Gasteiger partial charge is 0.468 e. The summed E-state index contributed by atoms with van der Waals surface area (Å²) >= 11 is 0. The standard InChI is InChI=1S/C64H77BN2O/c1-36-29-53-55-56(38(36)3)67(52-34-49-47(28-37(52)2)61(10,11)26-27-63(49,14)15)51-22-19-41(59(5,6)7)30-50(51)65(55)58-57(66(53)42-20-21-45-48(31-42)62(12,13)25-24-60(45,8)9)44-32-46-43(33-54(44)68-58)39(4)40-18-17-23-64(46,16)35-40/h19-22,28-34,39-40H,17-18,23-27,35H2,1-16H3. The highest BCUT2D eigenvalue weighted by atomic mass is 16.3. The average Bonchev–Trinajstić information content (AvgIpc) is 3.64. The predicted octanol–water partition coefficient (Wildman–Crippen LogP) is 16.0. The summed E-state index contributed by atoms with van der Waals surface area (Å²) in [5.41, 5.74) is 27.5. The number of hydrogen-bond acceptors (Lipinski definition) is 3. The number of aryl methyl sites for hydroxylation is 2. The minimum absolute atomic E-state index is 0.0346. The molecule has 4 aliphatic carbocycles. The van der Waals surface area contributed by atoms with E-state index in [1.807, 2.05) is 0 Å². The van der Waals surface area contributed by atoms with Gasteiger partial charge in [-0.3, -0.25) is 0 Å². The summed E-state index contributed by atoms with van der Waals surface area (Å²) in [5.74, 6) is 1.26. The molecule has 3 heterocycles. The van der Waals surface area contributed by atoms with E-state index in [2.05, 4.69) is 187 Å². The molecular formula is C64H77BN2O. The van der Waals surface area contributed by atoms with Crippen molar-refractivity contribution in [1.82, 2.24) is 0 Å². The van der Waals surface area contributed by atoms with Crippen LogP contribution in [0.15, 0.2) is 71.1 Å². The first kappa shape index (κ1) is 44.5. The van der Waals surface area contributed by atoms with Crippen molar-refractivity contribution in [1.29, 1.82) is 0 Å². The summed E-state index contributed by atoms with van der Waals surface area (Å²) in [4.78, 5) is 5.40. The smallest absolute Gasteiger partial charge is 0.297 e. The van der Waals surface area contributed by atoms with Crippen LogP contribution in [-0.2, 0) is 32.5 Å². The quantitative estimate of drug-likeness (QED) is 0.161.